The number of hydrogen-bond donors (Lipinski definition) is 0. The molecule has 2 atom stereocenters. The van der Waals surface area contributed by atoms with Gasteiger partial charge in [0.15, 0.2) is 0 Å². The van der Waals surface area contributed by atoms with Gasteiger partial charge in [-0.1, -0.05) is 31.4 Å². The van der Waals surface area contributed by atoms with E-state index in [9.17, 15) is 4.39 Å². The summed E-state index contributed by atoms with van der Waals surface area (Å²) >= 11 is 1.47. The van der Waals surface area contributed by atoms with Crippen molar-refractivity contribution in [3.63, 3.8) is 0 Å². The minimum atomic E-state index is -0.223. The maximum atomic E-state index is 12.6. The summed E-state index contributed by atoms with van der Waals surface area (Å²) in [7, 11) is 11.4. The van der Waals surface area contributed by atoms with Crippen LogP contribution in [0.15, 0.2) is 42.5 Å². The Balaban J connectivity index is 0.000000235. The molecule has 0 saturated carbocycles. The van der Waals surface area contributed by atoms with Crippen LogP contribution in [-0.2, 0) is 17.9 Å². The number of rotatable bonds is 2. The molecule has 0 amide bonds. The van der Waals surface area contributed by atoms with Gasteiger partial charge >= 0.3 is 27.5 Å². The van der Waals surface area contributed by atoms with E-state index in [0.717, 1.165) is 18.5 Å². The molecule has 2 unspecified atom stereocenters. The van der Waals surface area contributed by atoms with Gasteiger partial charge in [-0.05, 0) is 17.4 Å². The van der Waals surface area contributed by atoms with Gasteiger partial charge in [0, 0.05) is 25.6 Å². The van der Waals surface area contributed by atoms with Gasteiger partial charge in [0.2, 0.25) is 0 Å². The van der Waals surface area contributed by atoms with Crippen molar-refractivity contribution < 1.29 is 22.3 Å². The molecular formula is C19H24ClFIrN2P. The minimum absolute atomic E-state index is 0.223. The van der Waals surface area contributed by atoms with E-state index in [2.05, 4.69) is 59.4 Å². The van der Waals surface area contributed by atoms with Crippen molar-refractivity contribution >= 4 is 29.8 Å². The molecule has 0 N–H and O–H groups in total. The predicted octanol–water partition coefficient (Wildman–Crippen LogP) is 5.16. The van der Waals surface area contributed by atoms with Gasteiger partial charge < -0.3 is 10.2 Å². The number of benzene rings is 2. The Kier molecular flexibility index (Phi) is 11.5. The Hall–Kier alpha value is -0.501. The van der Waals surface area contributed by atoms with Crippen molar-refractivity contribution in [1.29, 1.82) is 0 Å². The molecule has 2 aromatic rings. The van der Waals surface area contributed by atoms with Gasteiger partial charge in [0.25, 0.3) is 0 Å². The van der Waals surface area contributed by atoms with Crippen LogP contribution in [0.25, 0.3) is 5.32 Å². The molecule has 3 rings (SSSR count). The van der Waals surface area contributed by atoms with E-state index >= 15 is 0 Å². The van der Waals surface area contributed by atoms with E-state index in [1.165, 1.54) is 53.9 Å². The third kappa shape index (κ3) is 8.62. The second-order valence-corrected chi connectivity index (χ2v) is 6.53. The first kappa shape index (κ1) is 22.5. The number of piperidine rings is 1. The monoisotopic (exact) mass is 558 g/mol. The molecule has 0 spiro atoms. The van der Waals surface area contributed by atoms with E-state index in [1.807, 2.05) is 14.1 Å². The summed E-state index contributed by atoms with van der Waals surface area (Å²) in [6.07, 6.45) is 3.50. The SMILES string of the molecule is CN(C)c1ccc(P)cc1.Fc1c[c-]c(C2CCCC[N-]2)cc1.[Cl][Ir+2]. The molecular weight excluding hydrogens is 534 g/mol. The molecule has 0 aromatic heterocycles. The van der Waals surface area contributed by atoms with Gasteiger partial charge in [-0.3, -0.25) is 4.39 Å². The van der Waals surface area contributed by atoms with Gasteiger partial charge in [0.1, 0.15) is 0 Å². The Labute approximate surface area is 167 Å². The van der Waals surface area contributed by atoms with E-state index in [4.69, 9.17) is 0 Å². The first-order valence-corrected chi connectivity index (χ1v) is 11.6. The molecule has 0 bridgehead atoms. The van der Waals surface area contributed by atoms with Crippen molar-refractivity contribution in [2.45, 2.75) is 25.3 Å². The number of anilines is 1. The molecule has 6 heteroatoms. The van der Waals surface area contributed by atoms with E-state index < -0.39 is 0 Å². The zero-order valence-corrected chi connectivity index (χ0v) is 18.8. The van der Waals surface area contributed by atoms with Crippen molar-refractivity contribution in [1.82, 2.24) is 0 Å². The molecule has 2 aromatic carbocycles. The van der Waals surface area contributed by atoms with E-state index in [1.54, 1.807) is 6.07 Å². The first-order chi connectivity index (χ1) is 12.1. The number of nitrogens with zero attached hydrogens (tertiary/aromatic N) is 2. The second-order valence-electron chi connectivity index (χ2n) is 5.87. The summed E-state index contributed by atoms with van der Waals surface area (Å²) < 4.78 is 12.6. The number of halogens is 2. The Bertz CT molecular complexity index is 587. The van der Waals surface area contributed by atoms with Crippen molar-refractivity contribution in [3.8, 4) is 0 Å². The summed E-state index contributed by atoms with van der Waals surface area (Å²) in [6, 6.07) is 16.2. The summed E-state index contributed by atoms with van der Waals surface area (Å²) in [6.45, 7) is 0.940. The van der Waals surface area contributed by atoms with E-state index in [0.29, 0.717) is 0 Å². The topological polar surface area (TPSA) is 17.3 Å². The fourth-order valence-electron chi connectivity index (χ4n) is 2.44. The normalized spacial score (nSPS) is 16.0. The number of hydrogen-bond acceptors (Lipinski definition) is 1. The molecule has 1 aliphatic heterocycles. The van der Waals surface area contributed by atoms with Crippen LogP contribution in [-0.4, -0.2) is 20.6 Å². The van der Waals surface area contributed by atoms with Crippen molar-refractivity contribution in [3.05, 3.63) is 65.2 Å². The molecule has 1 fully saturated rings. The van der Waals surface area contributed by atoms with Gasteiger partial charge in [-0.15, -0.1) is 34.0 Å². The Morgan fingerprint density at radius 2 is 1.84 bits per heavy atom. The maximum absolute atomic E-state index is 12.6. The molecule has 2 nitrogen and oxygen atoms in total. The summed E-state index contributed by atoms with van der Waals surface area (Å²) in [5, 5.41) is 5.70. The Morgan fingerprint density at radius 1 is 1.16 bits per heavy atom. The molecule has 138 valence electrons. The van der Waals surface area contributed by atoms with Crippen LogP contribution < -0.4 is 10.2 Å². The van der Waals surface area contributed by atoms with Crippen LogP contribution in [0, 0.1) is 11.9 Å². The molecule has 1 aliphatic rings. The van der Waals surface area contributed by atoms with Crippen LogP contribution in [0.3, 0.4) is 0 Å². The van der Waals surface area contributed by atoms with Crippen molar-refractivity contribution in [2.75, 3.05) is 25.5 Å². The third-order valence-corrected chi connectivity index (χ3v) is 4.19. The van der Waals surface area contributed by atoms with Gasteiger partial charge in [0.05, 0.1) is 0 Å². The van der Waals surface area contributed by atoms with E-state index in [-0.39, 0.29) is 11.9 Å². The zero-order chi connectivity index (χ0) is 18.7. The van der Waals surface area contributed by atoms with Crippen LogP contribution in [0.2, 0.25) is 0 Å². The summed E-state index contributed by atoms with van der Waals surface area (Å²) in [4.78, 5) is 2.09. The molecule has 1 heterocycles. The van der Waals surface area contributed by atoms with Gasteiger partial charge in [-0.25, -0.2) is 0 Å². The average molecular weight is 558 g/mol. The Morgan fingerprint density at radius 3 is 2.32 bits per heavy atom. The molecule has 0 radical (unpaired) electrons. The standard InChI is InChI=1S/C11H12FN.C8H12NP.ClH.Ir/c12-10-6-4-9(5-7-10)11-3-1-2-8-13-11;1-9(2)7-3-5-8(10)6-4-7;;/h4,6-7,11H,1-3,8H2;3-6H,10H2,1-2H3;1H;/q-2;;;+3/p-1. The average Bonchev–Trinajstić information content (AvgIpc) is 2.66. The third-order valence-electron chi connectivity index (χ3n) is 3.80. The van der Waals surface area contributed by atoms with Crippen LogP contribution in [0.4, 0.5) is 10.1 Å². The first-order valence-electron chi connectivity index (χ1n) is 8.05. The molecule has 1 saturated heterocycles. The fourth-order valence-corrected chi connectivity index (χ4v) is 2.63. The summed E-state index contributed by atoms with van der Waals surface area (Å²) in [5.41, 5.74) is 2.27. The fraction of sp³-hybridized carbons (Fsp3) is 0.368. The zero-order valence-electron chi connectivity index (χ0n) is 14.5. The van der Waals surface area contributed by atoms with Crippen molar-refractivity contribution in [2.24, 2.45) is 0 Å². The van der Waals surface area contributed by atoms with Crippen LogP contribution in [0.1, 0.15) is 30.9 Å². The van der Waals surface area contributed by atoms with Gasteiger partial charge in [-0.2, -0.15) is 17.7 Å². The quantitative estimate of drug-likeness (QED) is 0.368. The second kappa shape index (κ2) is 12.8. The van der Waals surface area contributed by atoms with Crippen LogP contribution >= 0.6 is 18.8 Å². The van der Waals surface area contributed by atoms with Crippen LogP contribution in [0.5, 0.6) is 0 Å². The molecule has 25 heavy (non-hydrogen) atoms. The summed E-state index contributed by atoms with van der Waals surface area (Å²) in [5.74, 6) is -0.223. The predicted molar refractivity (Wildman–Crippen MR) is 106 cm³/mol. The molecule has 0 aliphatic carbocycles.